The van der Waals surface area contributed by atoms with E-state index in [1.807, 2.05) is 19.2 Å². The molecule has 0 amide bonds. The average molecular weight is 224 g/mol. The van der Waals surface area contributed by atoms with Crippen molar-refractivity contribution < 1.29 is 0 Å². The topological polar surface area (TPSA) is 12.0 Å². The number of nitrogens with one attached hydrogen (secondary N) is 1. The van der Waals surface area contributed by atoms with Gasteiger partial charge in [-0.15, -0.1) is 0 Å². The maximum Gasteiger partial charge on any atom is 0.0444 e. The van der Waals surface area contributed by atoms with Gasteiger partial charge in [-0.25, -0.2) is 0 Å². The van der Waals surface area contributed by atoms with E-state index in [9.17, 15) is 0 Å². The molecule has 1 saturated carbocycles. The van der Waals surface area contributed by atoms with Crippen molar-refractivity contribution in [3.8, 4) is 0 Å². The van der Waals surface area contributed by atoms with Crippen molar-refractivity contribution in [2.75, 3.05) is 13.6 Å². The maximum absolute atomic E-state index is 6.28. The highest BCUT2D eigenvalue weighted by Crippen LogP contribution is 2.49. The summed E-state index contributed by atoms with van der Waals surface area (Å²) in [6.45, 7) is 3.34. The second-order valence-corrected chi connectivity index (χ2v) is 5.21. The second kappa shape index (κ2) is 4.15. The fourth-order valence-corrected chi connectivity index (χ4v) is 3.30. The lowest BCUT2D eigenvalue weighted by atomic mass is 9.59. The molecule has 1 aromatic rings. The Labute approximate surface area is 96.8 Å². The van der Waals surface area contributed by atoms with Gasteiger partial charge in [0.15, 0.2) is 0 Å². The molecule has 1 aliphatic carbocycles. The lowest BCUT2D eigenvalue weighted by Gasteiger charge is -2.47. The molecule has 1 fully saturated rings. The van der Waals surface area contributed by atoms with E-state index in [1.165, 1.54) is 18.4 Å². The van der Waals surface area contributed by atoms with Gasteiger partial charge < -0.3 is 5.32 Å². The van der Waals surface area contributed by atoms with Gasteiger partial charge in [0.25, 0.3) is 0 Å². The third-order valence-corrected chi connectivity index (χ3v) is 3.77. The second-order valence-electron chi connectivity index (χ2n) is 4.80. The summed E-state index contributed by atoms with van der Waals surface area (Å²) in [5, 5.41) is 4.21. The van der Waals surface area contributed by atoms with E-state index < -0.39 is 0 Å². The van der Waals surface area contributed by atoms with Crippen LogP contribution in [0.4, 0.5) is 0 Å². The fraction of sp³-hybridized carbons (Fsp3) is 0.538. The molecule has 0 aromatic heterocycles. The number of hydrogen-bond acceptors (Lipinski definition) is 1. The van der Waals surface area contributed by atoms with Gasteiger partial charge in [0.1, 0.15) is 0 Å². The molecule has 0 heterocycles. The molecule has 0 spiro atoms. The molecule has 1 nitrogen and oxygen atoms in total. The normalized spacial score (nSPS) is 29.9. The van der Waals surface area contributed by atoms with Gasteiger partial charge in [0, 0.05) is 17.0 Å². The average Bonchev–Trinajstić information content (AvgIpc) is 2.16. The Bertz CT molecular complexity index is 337. The third-order valence-electron chi connectivity index (χ3n) is 3.44. The summed E-state index contributed by atoms with van der Waals surface area (Å²) in [5.74, 6) is 0.828. The van der Waals surface area contributed by atoms with Crippen LogP contribution in [0.3, 0.4) is 0 Å². The van der Waals surface area contributed by atoms with Gasteiger partial charge in [-0.05, 0) is 37.4 Å². The number of halogens is 1. The third kappa shape index (κ3) is 1.91. The Morgan fingerprint density at radius 1 is 1.40 bits per heavy atom. The van der Waals surface area contributed by atoms with E-state index >= 15 is 0 Å². The van der Waals surface area contributed by atoms with Crippen LogP contribution in [0, 0.1) is 5.92 Å². The Hall–Kier alpha value is -0.530. The quantitative estimate of drug-likeness (QED) is 0.830. The number of rotatable bonds is 3. The van der Waals surface area contributed by atoms with Crippen molar-refractivity contribution in [2.24, 2.45) is 5.92 Å². The maximum atomic E-state index is 6.28. The van der Waals surface area contributed by atoms with Crippen LogP contribution in [-0.2, 0) is 5.41 Å². The largest absolute Gasteiger partial charge is 0.319 e. The first kappa shape index (κ1) is 11.0. The molecule has 0 unspecified atom stereocenters. The predicted molar refractivity (Wildman–Crippen MR) is 65.5 cm³/mol. The summed E-state index contributed by atoms with van der Waals surface area (Å²) in [7, 11) is 2.02. The van der Waals surface area contributed by atoms with Crippen LogP contribution in [-0.4, -0.2) is 13.6 Å². The summed E-state index contributed by atoms with van der Waals surface area (Å²) in [6, 6.07) is 8.26. The molecule has 2 rings (SSSR count). The van der Waals surface area contributed by atoms with E-state index in [0.717, 1.165) is 17.5 Å². The molecule has 15 heavy (non-hydrogen) atoms. The monoisotopic (exact) mass is 223 g/mol. The molecular weight excluding hydrogens is 206 g/mol. The van der Waals surface area contributed by atoms with E-state index in [4.69, 9.17) is 11.6 Å². The van der Waals surface area contributed by atoms with Gasteiger partial charge >= 0.3 is 0 Å². The number of hydrogen-bond donors (Lipinski definition) is 1. The molecule has 1 aliphatic rings. The molecule has 0 bridgehead atoms. The highest BCUT2D eigenvalue weighted by molar-refractivity contribution is 6.31. The van der Waals surface area contributed by atoms with E-state index in [2.05, 4.69) is 24.4 Å². The lowest BCUT2D eigenvalue weighted by Crippen LogP contribution is -2.47. The summed E-state index contributed by atoms with van der Waals surface area (Å²) in [5.41, 5.74) is 1.60. The van der Waals surface area contributed by atoms with Crippen LogP contribution in [0.25, 0.3) is 0 Å². The SMILES string of the molecule is CNCC1(c2ccccc2Cl)CC(C)C1. The highest BCUT2D eigenvalue weighted by atomic mass is 35.5. The van der Waals surface area contributed by atoms with Crippen molar-refractivity contribution >= 4 is 11.6 Å². The smallest absolute Gasteiger partial charge is 0.0444 e. The van der Waals surface area contributed by atoms with Gasteiger partial charge in [-0.2, -0.15) is 0 Å². The zero-order valence-corrected chi connectivity index (χ0v) is 10.1. The molecular formula is C13H18ClN. The first-order valence-electron chi connectivity index (χ1n) is 5.57. The van der Waals surface area contributed by atoms with Gasteiger partial charge in [0.2, 0.25) is 0 Å². The van der Waals surface area contributed by atoms with Crippen molar-refractivity contribution in [3.05, 3.63) is 34.9 Å². The summed E-state index contributed by atoms with van der Waals surface area (Å²) in [6.07, 6.45) is 2.50. The standard InChI is InChI=1S/C13H18ClN/c1-10-7-13(8-10,9-15-2)11-5-3-4-6-12(11)14/h3-6,10,15H,7-9H2,1-2H3. The minimum absolute atomic E-state index is 0.284. The zero-order chi connectivity index (χ0) is 10.9. The molecule has 82 valence electrons. The van der Waals surface area contributed by atoms with Crippen LogP contribution in [0.5, 0.6) is 0 Å². The van der Waals surface area contributed by atoms with Crippen molar-refractivity contribution in [3.63, 3.8) is 0 Å². The summed E-state index contributed by atoms with van der Waals surface area (Å²) < 4.78 is 0. The van der Waals surface area contributed by atoms with Gasteiger partial charge in [-0.3, -0.25) is 0 Å². The Morgan fingerprint density at radius 3 is 2.60 bits per heavy atom. The molecule has 0 aliphatic heterocycles. The van der Waals surface area contributed by atoms with Crippen LogP contribution in [0.2, 0.25) is 5.02 Å². The molecule has 0 saturated heterocycles. The first-order chi connectivity index (χ1) is 7.18. The van der Waals surface area contributed by atoms with Crippen molar-refractivity contribution in [2.45, 2.75) is 25.2 Å². The van der Waals surface area contributed by atoms with Crippen molar-refractivity contribution in [1.29, 1.82) is 0 Å². The van der Waals surface area contributed by atoms with E-state index in [0.29, 0.717) is 0 Å². The molecule has 0 radical (unpaired) electrons. The highest BCUT2D eigenvalue weighted by Gasteiger charge is 2.43. The molecule has 0 atom stereocenters. The zero-order valence-electron chi connectivity index (χ0n) is 9.39. The minimum atomic E-state index is 0.284. The van der Waals surface area contributed by atoms with Crippen LogP contribution < -0.4 is 5.32 Å². The predicted octanol–water partition coefficient (Wildman–Crippen LogP) is 3.23. The lowest BCUT2D eigenvalue weighted by molar-refractivity contribution is 0.155. The summed E-state index contributed by atoms with van der Waals surface area (Å²) in [4.78, 5) is 0. The summed E-state index contributed by atoms with van der Waals surface area (Å²) >= 11 is 6.28. The van der Waals surface area contributed by atoms with Gasteiger partial charge in [0.05, 0.1) is 0 Å². The fourth-order valence-electron chi connectivity index (χ4n) is 2.96. The Balaban J connectivity index is 2.30. The van der Waals surface area contributed by atoms with Crippen molar-refractivity contribution in [1.82, 2.24) is 5.32 Å². The van der Waals surface area contributed by atoms with Crippen LogP contribution in [0.15, 0.2) is 24.3 Å². The van der Waals surface area contributed by atoms with E-state index in [-0.39, 0.29) is 5.41 Å². The van der Waals surface area contributed by atoms with Crippen LogP contribution in [0.1, 0.15) is 25.3 Å². The Morgan fingerprint density at radius 2 is 2.07 bits per heavy atom. The number of likely N-dealkylation sites (N-methyl/N-ethyl adjacent to an activating group) is 1. The molecule has 1 N–H and O–H groups in total. The van der Waals surface area contributed by atoms with Gasteiger partial charge in [-0.1, -0.05) is 36.7 Å². The van der Waals surface area contributed by atoms with Crippen LogP contribution >= 0.6 is 11.6 Å². The molecule has 1 aromatic carbocycles. The first-order valence-corrected chi connectivity index (χ1v) is 5.95. The minimum Gasteiger partial charge on any atom is -0.319 e. The van der Waals surface area contributed by atoms with E-state index in [1.54, 1.807) is 0 Å². The number of benzene rings is 1. The molecule has 2 heteroatoms. The Kier molecular flexibility index (Phi) is 3.03.